The van der Waals surface area contributed by atoms with Crippen molar-refractivity contribution in [3.05, 3.63) is 24.3 Å². The van der Waals surface area contributed by atoms with E-state index in [0.717, 1.165) is 37.3 Å². The highest BCUT2D eigenvalue weighted by atomic mass is 16.7. The lowest BCUT2D eigenvalue weighted by Crippen LogP contribution is -2.47. The van der Waals surface area contributed by atoms with Gasteiger partial charge < -0.3 is 19.5 Å². The summed E-state index contributed by atoms with van der Waals surface area (Å²) in [5.41, 5.74) is 1.05. The standard InChI is InChI=1S/C19H30BN3O3/c1-18(2)19(3,4)26-20(25-18)15-6-8-16(9-7-15)21-17(24)14-23-12-10-22(5)11-13-23/h6-9H,10-14H2,1-5H3,(H,21,24). The number of rotatable bonds is 4. The highest BCUT2D eigenvalue weighted by Gasteiger charge is 2.51. The normalized spacial score (nSPS) is 23.2. The number of nitrogens with one attached hydrogen (secondary N) is 1. The maximum atomic E-state index is 12.3. The minimum atomic E-state index is -0.380. The van der Waals surface area contributed by atoms with E-state index in [4.69, 9.17) is 9.31 Å². The SMILES string of the molecule is CN1CCN(CC(=O)Nc2ccc(B3OC(C)(C)C(C)(C)O3)cc2)CC1. The Bertz CT molecular complexity index is 624. The fourth-order valence-corrected chi connectivity index (χ4v) is 3.11. The van der Waals surface area contributed by atoms with Gasteiger partial charge in [-0.25, -0.2) is 0 Å². The van der Waals surface area contributed by atoms with Crippen LogP contribution < -0.4 is 10.8 Å². The quantitative estimate of drug-likeness (QED) is 0.818. The maximum absolute atomic E-state index is 12.3. The van der Waals surface area contributed by atoms with Crippen LogP contribution in [-0.4, -0.2) is 73.8 Å². The van der Waals surface area contributed by atoms with Crippen molar-refractivity contribution >= 4 is 24.2 Å². The Morgan fingerprint density at radius 3 is 2.12 bits per heavy atom. The molecule has 2 saturated heterocycles. The van der Waals surface area contributed by atoms with Crippen LogP contribution in [0.25, 0.3) is 0 Å². The van der Waals surface area contributed by atoms with Crippen LogP contribution in [0.2, 0.25) is 0 Å². The Balaban J connectivity index is 1.54. The number of anilines is 1. The number of nitrogens with zero attached hydrogens (tertiary/aromatic N) is 2. The molecule has 0 aromatic heterocycles. The lowest BCUT2D eigenvalue weighted by atomic mass is 9.79. The molecule has 2 aliphatic heterocycles. The molecule has 2 aliphatic rings. The second-order valence-electron chi connectivity index (χ2n) is 8.34. The molecule has 142 valence electrons. The van der Waals surface area contributed by atoms with E-state index in [2.05, 4.69) is 22.2 Å². The highest BCUT2D eigenvalue weighted by Crippen LogP contribution is 2.36. The van der Waals surface area contributed by atoms with Gasteiger partial charge in [-0.2, -0.15) is 0 Å². The van der Waals surface area contributed by atoms with Gasteiger partial charge in [0, 0.05) is 31.9 Å². The van der Waals surface area contributed by atoms with Gasteiger partial charge >= 0.3 is 7.12 Å². The van der Waals surface area contributed by atoms with Crippen LogP contribution in [-0.2, 0) is 14.1 Å². The van der Waals surface area contributed by atoms with E-state index in [9.17, 15) is 4.79 Å². The van der Waals surface area contributed by atoms with E-state index in [1.54, 1.807) is 0 Å². The summed E-state index contributed by atoms with van der Waals surface area (Å²) in [6, 6.07) is 7.71. The molecule has 7 heteroatoms. The minimum Gasteiger partial charge on any atom is -0.399 e. The van der Waals surface area contributed by atoms with E-state index in [1.807, 2.05) is 52.0 Å². The molecular formula is C19H30BN3O3. The van der Waals surface area contributed by atoms with Crippen molar-refractivity contribution in [2.45, 2.75) is 38.9 Å². The van der Waals surface area contributed by atoms with E-state index >= 15 is 0 Å². The van der Waals surface area contributed by atoms with Crippen LogP contribution in [0.1, 0.15) is 27.7 Å². The molecule has 0 spiro atoms. The van der Waals surface area contributed by atoms with Gasteiger partial charge in [-0.05, 0) is 52.3 Å². The number of carbonyl (C=O) groups excluding carboxylic acids is 1. The smallest absolute Gasteiger partial charge is 0.399 e. The molecule has 2 heterocycles. The van der Waals surface area contributed by atoms with E-state index < -0.39 is 0 Å². The first-order valence-corrected chi connectivity index (χ1v) is 9.33. The van der Waals surface area contributed by atoms with Crippen LogP contribution in [0, 0.1) is 0 Å². The summed E-state index contributed by atoms with van der Waals surface area (Å²) in [6.07, 6.45) is 0. The summed E-state index contributed by atoms with van der Waals surface area (Å²) in [6.45, 7) is 12.5. The first-order valence-electron chi connectivity index (χ1n) is 9.33. The molecule has 0 radical (unpaired) electrons. The number of benzene rings is 1. The zero-order valence-electron chi connectivity index (χ0n) is 16.5. The molecule has 0 bridgehead atoms. The number of hydrogen-bond donors (Lipinski definition) is 1. The first kappa shape index (κ1) is 19.4. The fourth-order valence-electron chi connectivity index (χ4n) is 3.11. The second-order valence-corrected chi connectivity index (χ2v) is 8.34. The summed E-state index contributed by atoms with van der Waals surface area (Å²) in [7, 11) is 1.73. The number of piperazine rings is 1. The van der Waals surface area contributed by atoms with Crippen molar-refractivity contribution in [1.82, 2.24) is 9.80 Å². The molecule has 3 rings (SSSR count). The third-order valence-corrected chi connectivity index (χ3v) is 5.68. The second kappa shape index (κ2) is 7.31. The third-order valence-electron chi connectivity index (χ3n) is 5.68. The molecule has 1 N–H and O–H groups in total. The summed E-state index contributed by atoms with van der Waals surface area (Å²) in [5.74, 6) is 0.0259. The topological polar surface area (TPSA) is 54.0 Å². The molecule has 1 amide bonds. The fraction of sp³-hybridized carbons (Fsp3) is 0.632. The van der Waals surface area contributed by atoms with Gasteiger partial charge in [0.1, 0.15) is 0 Å². The molecule has 0 aliphatic carbocycles. The zero-order chi connectivity index (χ0) is 18.9. The number of likely N-dealkylation sites (N-methyl/N-ethyl adjacent to an activating group) is 1. The van der Waals surface area contributed by atoms with Gasteiger partial charge in [-0.3, -0.25) is 9.69 Å². The zero-order valence-corrected chi connectivity index (χ0v) is 16.5. The lowest BCUT2D eigenvalue weighted by molar-refractivity contribution is -0.117. The summed E-state index contributed by atoms with van der Waals surface area (Å²) >= 11 is 0. The summed E-state index contributed by atoms with van der Waals surface area (Å²) in [4.78, 5) is 16.7. The third kappa shape index (κ3) is 4.28. The van der Waals surface area contributed by atoms with Crippen LogP contribution in [0.4, 0.5) is 5.69 Å². The van der Waals surface area contributed by atoms with Gasteiger partial charge in [0.2, 0.25) is 5.91 Å². The molecule has 0 atom stereocenters. The number of hydrogen-bond acceptors (Lipinski definition) is 5. The molecule has 1 aromatic rings. The maximum Gasteiger partial charge on any atom is 0.494 e. The van der Waals surface area contributed by atoms with Crippen LogP contribution in [0.5, 0.6) is 0 Å². The molecular weight excluding hydrogens is 329 g/mol. The molecule has 0 unspecified atom stereocenters. The van der Waals surface area contributed by atoms with Crippen LogP contribution in [0.15, 0.2) is 24.3 Å². The Kier molecular flexibility index (Phi) is 5.44. The predicted octanol–water partition coefficient (Wildman–Crippen LogP) is 1.17. The first-order chi connectivity index (χ1) is 12.2. The van der Waals surface area contributed by atoms with Crippen molar-refractivity contribution in [3.63, 3.8) is 0 Å². The Hall–Kier alpha value is -1.41. The number of carbonyl (C=O) groups is 1. The van der Waals surface area contributed by atoms with Gasteiger partial charge in [0.25, 0.3) is 0 Å². The summed E-state index contributed by atoms with van der Waals surface area (Å²) < 4.78 is 12.1. The van der Waals surface area contributed by atoms with Gasteiger partial charge in [-0.1, -0.05) is 12.1 Å². The lowest BCUT2D eigenvalue weighted by Gasteiger charge is -2.32. The Morgan fingerprint density at radius 1 is 1.04 bits per heavy atom. The van der Waals surface area contributed by atoms with Crippen molar-refractivity contribution in [1.29, 1.82) is 0 Å². The Morgan fingerprint density at radius 2 is 1.58 bits per heavy atom. The predicted molar refractivity (Wildman–Crippen MR) is 105 cm³/mol. The average molecular weight is 359 g/mol. The van der Waals surface area contributed by atoms with Crippen LogP contribution in [0.3, 0.4) is 0 Å². The van der Waals surface area contributed by atoms with E-state index in [0.29, 0.717) is 6.54 Å². The van der Waals surface area contributed by atoms with E-state index in [-0.39, 0.29) is 24.2 Å². The number of amides is 1. The van der Waals surface area contributed by atoms with E-state index in [1.165, 1.54) is 0 Å². The molecule has 0 saturated carbocycles. The minimum absolute atomic E-state index is 0.0259. The van der Waals surface area contributed by atoms with Crippen LogP contribution >= 0.6 is 0 Å². The average Bonchev–Trinajstić information content (AvgIpc) is 2.78. The highest BCUT2D eigenvalue weighted by molar-refractivity contribution is 6.62. The largest absolute Gasteiger partial charge is 0.494 e. The monoisotopic (exact) mass is 359 g/mol. The molecule has 26 heavy (non-hydrogen) atoms. The van der Waals surface area contributed by atoms with Crippen molar-refractivity contribution in [2.75, 3.05) is 45.1 Å². The van der Waals surface area contributed by atoms with Crippen molar-refractivity contribution < 1.29 is 14.1 Å². The molecule has 6 nitrogen and oxygen atoms in total. The van der Waals surface area contributed by atoms with Crippen molar-refractivity contribution in [2.24, 2.45) is 0 Å². The van der Waals surface area contributed by atoms with Gasteiger partial charge in [-0.15, -0.1) is 0 Å². The molecule has 1 aromatic carbocycles. The Labute approximate surface area is 157 Å². The van der Waals surface area contributed by atoms with Crippen molar-refractivity contribution in [3.8, 4) is 0 Å². The van der Waals surface area contributed by atoms with Gasteiger partial charge in [0.15, 0.2) is 0 Å². The molecule has 2 fully saturated rings. The van der Waals surface area contributed by atoms with Gasteiger partial charge in [0.05, 0.1) is 17.7 Å². The summed E-state index contributed by atoms with van der Waals surface area (Å²) in [5, 5.41) is 2.97.